The van der Waals surface area contributed by atoms with Gasteiger partial charge in [-0.05, 0) is 16.3 Å². The van der Waals surface area contributed by atoms with Crippen molar-refractivity contribution in [1.82, 2.24) is 10.2 Å². The lowest BCUT2D eigenvalue weighted by atomic mass is 10.0. The molecule has 4 heteroatoms. The number of benzene rings is 2. The Labute approximate surface area is 114 Å². The first-order valence-electron chi connectivity index (χ1n) is 5.70. The first-order chi connectivity index (χ1) is 8.86. The van der Waals surface area contributed by atoms with Crippen LogP contribution in [0.25, 0.3) is 10.8 Å². The van der Waals surface area contributed by atoms with Crippen molar-refractivity contribution in [3.8, 4) is 0 Å². The predicted octanol–water partition coefficient (Wildman–Crippen LogP) is 4.02. The summed E-state index contributed by atoms with van der Waals surface area (Å²) in [7, 11) is 0. The van der Waals surface area contributed by atoms with Gasteiger partial charge in [-0.25, -0.2) is 0 Å². The van der Waals surface area contributed by atoms with E-state index in [9.17, 15) is 0 Å². The molecule has 0 radical (unpaired) electrons. The highest BCUT2D eigenvalue weighted by atomic mass is 35.5. The topological polar surface area (TPSA) is 25.8 Å². The Morgan fingerprint density at radius 1 is 0.944 bits per heavy atom. The van der Waals surface area contributed by atoms with Gasteiger partial charge < -0.3 is 0 Å². The average molecular weight is 275 g/mol. The van der Waals surface area contributed by atoms with Crippen LogP contribution in [0.1, 0.15) is 15.6 Å². The van der Waals surface area contributed by atoms with Crippen LogP contribution in [0.15, 0.2) is 42.5 Å². The van der Waals surface area contributed by atoms with Gasteiger partial charge in [-0.1, -0.05) is 53.8 Å². The molecule has 2 nitrogen and oxygen atoms in total. The maximum Gasteiger partial charge on any atom is 0.132 e. The number of hydrogen-bond donors (Lipinski definition) is 0. The largest absolute Gasteiger partial charge is 0.143 e. The molecule has 1 heterocycles. The Morgan fingerprint density at radius 2 is 1.72 bits per heavy atom. The van der Waals surface area contributed by atoms with Crippen molar-refractivity contribution >= 4 is 33.7 Å². The van der Waals surface area contributed by atoms with E-state index in [1.807, 2.05) is 0 Å². The zero-order chi connectivity index (χ0) is 12.4. The van der Waals surface area contributed by atoms with Crippen molar-refractivity contribution < 1.29 is 0 Å². The molecule has 18 heavy (non-hydrogen) atoms. The molecular formula is C14H11ClN2S. The van der Waals surface area contributed by atoms with E-state index < -0.39 is 0 Å². The summed E-state index contributed by atoms with van der Waals surface area (Å²) in [6.07, 6.45) is 0.815. The first kappa shape index (κ1) is 11.6. The van der Waals surface area contributed by atoms with Gasteiger partial charge in [-0.2, -0.15) is 0 Å². The Hall–Kier alpha value is -1.45. The molecule has 0 N–H and O–H groups in total. The molecule has 2 aromatic carbocycles. The Balaban J connectivity index is 1.99. The molecule has 0 unspecified atom stereocenters. The molecule has 3 rings (SSSR count). The highest BCUT2D eigenvalue weighted by Gasteiger charge is 2.06. The summed E-state index contributed by atoms with van der Waals surface area (Å²) in [6, 6.07) is 14.8. The molecule has 0 saturated carbocycles. The highest BCUT2D eigenvalue weighted by Crippen LogP contribution is 2.22. The summed E-state index contributed by atoms with van der Waals surface area (Å²) in [4.78, 5) is 0. The lowest BCUT2D eigenvalue weighted by molar-refractivity contribution is 0.979. The van der Waals surface area contributed by atoms with Crippen molar-refractivity contribution in [3.05, 3.63) is 58.0 Å². The predicted molar refractivity (Wildman–Crippen MR) is 76.2 cm³/mol. The molecule has 0 atom stereocenters. The fourth-order valence-electron chi connectivity index (χ4n) is 2.02. The van der Waals surface area contributed by atoms with Crippen LogP contribution in [-0.2, 0) is 12.3 Å². The van der Waals surface area contributed by atoms with Gasteiger partial charge in [0, 0.05) is 6.42 Å². The third-order valence-electron chi connectivity index (χ3n) is 2.84. The van der Waals surface area contributed by atoms with Gasteiger partial charge in [-0.3, -0.25) is 0 Å². The van der Waals surface area contributed by atoms with Crippen LogP contribution < -0.4 is 0 Å². The van der Waals surface area contributed by atoms with Gasteiger partial charge in [0.05, 0.1) is 5.88 Å². The van der Waals surface area contributed by atoms with E-state index in [0.29, 0.717) is 5.88 Å². The Kier molecular flexibility index (Phi) is 3.26. The molecule has 90 valence electrons. The van der Waals surface area contributed by atoms with Crippen LogP contribution in [0.5, 0.6) is 0 Å². The molecule has 0 saturated heterocycles. The van der Waals surface area contributed by atoms with E-state index in [1.54, 1.807) is 11.3 Å². The van der Waals surface area contributed by atoms with Crippen molar-refractivity contribution in [1.29, 1.82) is 0 Å². The average Bonchev–Trinajstić information content (AvgIpc) is 2.87. The van der Waals surface area contributed by atoms with Crippen molar-refractivity contribution in [3.63, 3.8) is 0 Å². The van der Waals surface area contributed by atoms with Crippen LogP contribution >= 0.6 is 22.9 Å². The summed E-state index contributed by atoms with van der Waals surface area (Å²) in [6.45, 7) is 0. The van der Waals surface area contributed by atoms with Gasteiger partial charge in [0.15, 0.2) is 0 Å². The van der Waals surface area contributed by atoms with Gasteiger partial charge >= 0.3 is 0 Å². The lowest BCUT2D eigenvalue weighted by Gasteiger charge is -2.03. The molecule has 0 aliphatic carbocycles. The summed E-state index contributed by atoms with van der Waals surface area (Å²) in [5.74, 6) is 0.438. The number of rotatable bonds is 3. The van der Waals surface area contributed by atoms with Crippen molar-refractivity contribution in [2.75, 3.05) is 0 Å². The van der Waals surface area contributed by atoms with E-state index in [1.165, 1.54) is 16.3 Å². The second-order valence-electron chi connectivity index (χ2n) is 4.04. The van der Waals surface area contributed by atoms with Crippen LogP contribution in [0.3, 0.4) is 0 Å². The molecule has 0 amide bonds. The molecule has 0 aliphatic heterocycles. The van der Waals surface area contributed by atoms with Gasteiger partial charge in [-0.15, -0.1) is 21.8 Å². The number of fused-ring (bicyclic) bond motifs is 1. The third kappa shape index (κ3) is 2.24. The minimum atomic E-state index is 0.438. The van der Waals surface area contributed by atoms with E-state index in [0.717, 1.165) is 16.4 Å². The van der Waals surface area contributed by atoms with Gasteiger partial charge in [0.2, 0.25) is 0 Å². The zero-order valence-corrected chi connectivity index (χ0v) is 11.2. The van der Waals surface area contributed by atoms with Crippen molar-refractivity contribution in [2.45, 2.75) is 12.3 Å². The fraction of sp³-hybridized carbons (Fsp3) is 0.143. The lowest BCUT2D eigenvalue weighted by Crippen LogP contribution is -1.89. The molecule has 1 aromatic heterocycles. The summed E-state index contributed by atoms with van der Waals surface area (Å²) >= 11 is 7.33. The van der Waals surface area contributed by atoms with Crippen LogP contribution in [-0.4, -0.2) is 10.2 Å². The molecular weight excluding hydrogens is 264 g/mol. The van der Waals surface area contributed by atoms with Crippen LogP contribution in [0.2, 0.25) is 0 Å². The van der Waals surface area contributed by atoms with E-state index in [2.05, 4.69) is 52.7 Å². The summed E-state index contributed by atoms with van der Waals surface area (Å²) in [5.41, 5.74) is 1.28. The second kappa shape index (κ2) is 5.04. The number of alkyl halides is 1. The monoisotopic (exact) mass is 274 g/mol. The maximum absolute atomic E-state index is 5.75. The zero-order valence-electron chi connectivity index (χ0n) is 9.64. The normalized spacial score (nSPS) is 10.9. The standard InChI is InChI=1S/C14H11ClN2S/c15-9-14-17-16-13(18-14)8-11-6-3-5-10-4-1-2-7-12(10)11/h1-7H,8-9H2. The maximum atomic E-state index is 5.75. The summed E-state index contributed by atoms with van der Waals surface area (Å²) in [5, 5.41) is 12.7. The smallest absolute Gasteiger partial charge is 0.132 e. The minimum Gasteiger partial charge on any atom is -0.143 e. The number of aromatic nitrogens is 2. The molecule has 0 bridgehead atoms. The number of nitrogens with zero attached hydrogens (tertiary/aromatic N) is 2. The van der Waals surface area contributed by atoms with E-state index >= 15 is 0 Å². The SMILES string of the molecule is ClCc1nnc(Cc2cccc3ccccc23)s1. The minimum absolute atomic E-state index is 0.438. The van der Waals surface area contributed by atoms with E-state index in [4.69, 9.17) is 11.6 Å². The fourth-order valence-corrected chi connectivity index (χ4v) is 2.96. The third-order valence-corrected chi connectivity index (χ3v) is 4.18. The van der Waals surface area contributed by atoms with Crippen molar-refractivity contribution in [2.24, 2.45) is 0 Å². The Morgan fingerprint density at radius 3 is 2.56 bits per heavy atom. The van der Waals surface area contributed by atoms with Crippen LogP contribution in [0, 0.1) is 0 Å². The quantitative estimate of drug-likeness (QED) is 0.674. The summed E-state index contributed by atoms with van der Waals surface area (Å²) < 4.78 is 0. The highest BCUT2D eigenvalue weighted by molar-refractivity contribution is 7.11. The van der Waals surface area contributed by atoms with Crippen LogP contribution in [0.4, 0.5) is 0 Å². The molecule has 3 aromatic rings. The molecule has 0 aliphatic rings. The van der Waals surface area contributed by atoms with Gasteiger partial charge in [0.1, 0.15) is 10.0 Å². The Bertz CT molecular complexity index is 673. The molecule has 0 spiro atoms. The first-order valence-corrected chi connectivity index (χ1v) is 7.06. The van der Waals surface area contributed by atoms with E-state index in [-0.39, 0.29) is 0 Å². The van der Waals surface area contributed by atoms with Gasteiger partial charge in [0.25, 0.3) is 0 Å². The second-order valence-corrected chi connectivity index (χ2v) is 5.45. The number of hydrogen-bond acceptors (Lipinski definition) is 3. The number of halogens is 1. The molecule has 0 fully saturated rings.